The van der Waals surface area contributed by atoms with Crippen LogP contribution in [0.5, 0.6) is 0 Å². The highest BCUT2D eigenvalue weighted by atomic mass is 19.1. The molecule has 0 atom stereocenters. The Morgan fingerprint density at radius 3 is 2.77 bits per heavy atom. The molecule has 3 heterocycles. The molecule has 0 spiro atoms. The summed E-state index contributed by atoms with van der Waals surface area (Å²) in [4.78, 5) is 24.9. The van der Waals surface area contributed by atoms with E-state index in [9.17, 15) is 9.18 Å². The number of nitrogens with one attached hydrogen (secondary N) is 4. The smallest absolute Gasteiger partial charge is 0.321 e. The largest absolute Gasteiger partial charge is 0.373 e. The highest BCUT2D eigenvalue weighted by Gasteiger charge is 2.22. The lowest BCUT2D eigenvalue weighted by molar-refractivity contribution is 0.246. The van der Waals surface area contributed by atoms with Gasteiger partial charge in [0.25, 0.3) is 0 Å². The molecule has 158 valence electrons. The van der Waals surface area contributed by atoms with Crippen LogP contribution in [0.2, 0.25) is 0 Å². The minimum absolute atomic E-state index is 0.215. The number of aromatic nitrogens is 2. The summed E-state index contributed by atoms with van der Waals surface area (Å²) >= 11 is 0. The number of amides is 2. The predicted octanol–water partition coefficient (Wildman–Crippen LogP) is 3.59. The number of fused-ring (bicyclic) bond motifs is 1. The van der Waals surface area contributed by atoms with Gasteiger partial charge in [-0.3, -0.25) is 10.3 Å². The number of nitrogens with zero attached hydrogens (tertiary/aromatic N) is 3. The third kappa shape index (κ3) is 4.30. The Morgan fingerprint density at radius 2 is 2.06 bits per heavy atom. The van der Waals surface area contributed by atoms with Gasteiger partial charge in [-0.05, 0) is 54.4 Å². The number of urea groups is 1. The normalized spacial score (nSPS) is 12.3. The molecule has 2 aromatic heterocycles. The first kappa shape index (κ1) is 20.3. The summed E-state index contributed by atoms with van der Waals surface area (Å²) in [5.41, 5.74) is 4.06. The van der Waals surface area contributed by atoms with E-state index in [-0.39, 0.29) is 11.7 Å². The van der Waals surface area contributed by atoms with Crippen LogP contribution in [0.3, 0.4) is 0 Å². The van der Waals surface area contributed by atoms with E-state index in [4.69, 9.17) is 0 Å². The van der Waals surface area contributed by atoms with Gasteiger partial charge in [0.05, 0.1) is 12.2 Å². The lowest BCUT2D eigenvalue weighted by atomic mass is 9.95. The molecule has 2 amide bonds. The zero-order valence-electron chi connectivity index (χ0n) is 17.2. The van der Waals surface area contributed by atoms with E-state index in [1.54, 1.807) is 25.5 Å². The van der Waals surface area contributed by atoms with Gasteiger partial charge in [-0.2, -0.15) is 0 Å². The van der Waals surface area contributed by atoms with Gasteiger partial charge in [0.2, 0.25) is 5.96 Å². The van der Waals surface area contributed by atoms with Crippen molar-refractivity contribution in [3.05, 3.63) is 60.2 Å². The van der Waals surface area contributed by atoms with Gasteiger partial charge in [0.15, 0.2) is 0 Å². The molecule has 9 heteroatoms. The first-order chi connectivity index (χ1) is 15.1. The Hall–Kier alpha value is -4.01. The van der Waals surface area contributed by atoms with Crippen molar-refractivity contribution in [2.24, 2.45) is 4.99 Å². The van der Waals surface area contributed by atoms with Crippen LogP contribution in [-0.2, 0) is 6.54 Å². The van der Waals surface area contributed by atoms with Crippen LogP contribution in [0.25, 0.3) is 22.4 Å². The van der Waals surface area contributed by atoms with Crippen molar-refractivity contribution >= 4 is 23.5 Å². The number of hydrogen-bond donors (Lipinski definition) is 4. The predicted molar refractivity (Wildman–Crippen MR) is 119 cm³/mol. The summed E-state index contributed by atoms with van der Waals surface area (Å²) in [5.74, 6) is 0.613. The lowest BCUT2D eigenvalue weighted by Crippen LogP contribution is -2.43. The standard InChI is InChI=1S/C22H22FN7O/c1-3-25-22(31)30-21-28-12-15-9-14(13-6-7-18(24-2)27-11-13)10-16(19(15)29-21)20-17(23)5-4-8-26-20/h4-11H,3,12H2,1-2H3,(H,24,27)(H3,25,28,29,30,31). The van der Waals surface area contributed by atoms with Gasteiger partial charge in [-0.25, -0.2) is 19.2 Å². The van der Waals surface area contributed by atoms with E-state index < -0.39 is 5.82 Å². The topological polar surface area (TPSA) is 103 Å². The Bertz CT molecular complexity index is 1150. The molecule has 1 aliphatic heterocycles. The van der Waals surface area contributed by atoms with Crippen molar-refractivity contribution in [3.8, 4) is 22.4 Å². The highest BCUT2D eigenvalue weighted by molar-refractivity contribution is 6.07. The molecule has 0 saturated carbocycles. The molecular weight excluding hydrogens is 397 g/mol. The van der Waals surface area contributed by atoms with Crippen LogP contribution in [-0.4, -0.2) is 35.6 Å². The second-order valence-corrected chi connectivity index (χ2v) is 6.85. The fraction of sp³-hybridized carbons (Fsp3) is 0.182. The van der Waals surface area contributed by atoms with Crippen molar-refractivity contribution in [3.63, 3.8) is 0 Å². The van der Waals surface area contributed by atoms with E-state index in [1.165, 1.54) is 6.07 Å². The van der Waals surface area contributed by atoms with Crippen LogP contribution < -0.4 is 21.3 Å². The van der Waals surface area contributed by atoms with Gasteiger partial charge in [-0.1, -0.05) is 0 Å². The zero-order chi connectivity index (χ0) is 21.8. The van der Waals surface area contributed by atoms with Crippen molar-refractivity contribution < 1.29 is 9.18 Å². The molecule has 4 N–H and O–H groups in total. The molecule has 0 saturated heterocycles. The minimum atomic E-state index is -0.437. The summed E-state index contributed by atoms with van der Waals surface area (Å²) < 4.78 is 14.7. The molecule has 8 nitrogen and oxygen atoms in total. The number of guanidine groups is 1. The minimum Gasteiger partial charge on any atom is -0.373 e. The first-order valence-corrected chi connectivity index (χ1v) is 9.87. The molecule has 4 rings (SSSR count). The number of halogens is 1. The molecule has 0 radical (unpaired) electrons. The van der Waals surface area contributed by atoms with Gasteiger partial charge < -0.3 is 16.0 Å². The molecule has 0 fully saturated rings. The molecule has 31 heavy (non-hydrogen) atoms. The molecule has 0 bridgehead atoms. The van der Waals surface area contributed by atoms with E-state index in [0.29, 0.717) is 30.3 Å². The Balaban J connectivity index is 1.78. The van der Waals surface area contributed by atoms with Gasteiger partial charge in [-0.15, -0.1) is 0 Å². The van der Waals surface area contributed by atoms with Crippen LogP contribution in [0.15, 0.2) is 53.8 Å². The number of pyridine rings is 2. The number of carbonyl (C=O) groups is 1. The summed E-state index contributed by atoms with van der Waals surface area (Å²) in [6, 6.07) is 10.2. The van der Waals surface area contributed by atoms with E-state index in [0.717, 1.165) is 22.5 Å². The van der Waals surface area contributed by atoms with Crippen molar-refractivity contribution in [1.82, 2.24) is 20.6 Å². The van der Waals surface area contributed by atoms with E-state index in [2.05, 4.69) is 36.2 Å². The SMILES string of the molecule is CCNC(=O)NC1=NCc2cc(-c3ccc(NC)nc3)cc(-c3ncccc3F)c2N1. The number of carbonyl (C=O) groups excluding carboxylic acids is 1. The molecule has 1 aromatic carbocycles. The van der Waals surface area contributed by atoms with E-state index >= 15 is 0 Å². The number of anilines is 2. The maximum Gasteiger partial charge on any atom is 0.321 e. The monoisotopic (exact) mass is 419 g/mol. The molecule has 3 aromatic rings. The van der Waals surface area contributed by atoms with Crippen molar-refractivity contribution in [1.29, 1.82) is 0 Å². The molecule has 0 aliphatic carbocycles. The van der Waals surface area contributed by atoms with Crippen LogP contribution >= 0.6 is 0 Å². The van der Waals surface area contributed by atoms with Crippen LogP contribution in [0.1, 0.15) is 12.5 Å². The molecule has 1 aliphatic rings. The van der Waals surface area contributed by atoms with Crippen LogP contribution in [0, 0.1) is 5.82 Å². The highest BCUT2D eigenvalue weighted by Crippen LogP contribution is 2.37. The summed E-state index contributed by atoms with van der Waals surface area (Å²) in [5, 5.41) is 11.4. The fourth-order valence-electron chi connectivity index (χ4n) is 3.33. The van der Waals surface area contributed by atoms with E-state index in [1.807, 2.05) is 31.2 Å². The van der Waals surface area contributed by atoms with Crippen molar-refractivity contribution in [2.75, 3.05) is 24.2 Å². The third-order valence-corrected chi connectivity index (χ3v) is 4.81. The van der Waals surface area contributed by atoms with Gasteiger partial charge in [0.1, 0.15) is 17.3 Å². The third-order valence-electron chi connectivity index (χ3n) is 4.81. The fourth-order valence-corrected chi connectivity index (χ4v) is 3.33. The quantitative estimate of drug-likeness (QED) is 0.518. The molecule has 0 unspecified atom stereocenters. The Labute approximate surface area is 179 Å². The number of rotatable bonds is 4. The summed E-state index contributed by atoms with van der Waals surface area (Å²) in [6.07, 6.45) is 3.30. The number of aliphatic imine (C=N–C) groups is 1. The Morgan fingerprint density at radius 1 is 1.19 bits per heavy atom. The average molecular weight is 419 g/mol. The average Bonchev–Trinajstić information content (AvgIpc) is 2.79. The summed E-state index contributed by atoms with van der Waals surface area (Å²) in [6.45, 7) is 2.64. The van der Waals surface area contributed by atoms with Crippen LogP contribution in [0.4, 0.5) is 20.7 Å². The van der Waals surface area contributed by atoms with Gasteiger partial charge >= 0.3 is 6.03 Å². The van der Waals surface area contributed by atoms with Crippen molar-refractivity contribution in [2.45, 2.75) is 13.5 Å². The second kappa shape index (κ2) is 8.78. The maximum absolute atomic E-state index is 14.7. The lowest BCUT2D eigenvalue weighted by Gasteiger charge is -2.23. The van der Waals surface area contributed by atoms with Gasteiger partial charge in [0, 0.05) is 37.1 Å². The number of benzene rings is 1. The Kier molecular flexibility index (Phi) is 5.74. The second-order valence-electron chi connectivity index (χ2n) is 6.85. The number of hydrogen-bond acceptors (Lipinski definition) is 6. The maximum atomic E-state index is 14.7. The molecular formula is C22H22FN7O. The zero-order valence-corrected chi connectivity index (χ0v) is 17.2. The summed E-state index contributed by atoms with van der Waals surface area (Å²) in [7, 11) is 1.80. The first-order valence-electron chi connectivity index (χ1n) is 9.87.